The van der Waals surface area contributed by atoms with Gasteiger partial charge in [0.2, 0.25) is 0 Å². The Kier molecular flexibility index (Phi) is 4.63. The van der Waals surface area contributed by atoms with Gasteiger partial charge in [0, 0.05) is 31.4 Å². The Balaban J connectivity index is 1.67. The van der Waals surface area contributed by atoms with Crippen LogP contribution >= 0.6 is 0 Å². The van der Waals surface area contributed by atoms with Gasteiger partial charge in [0.05, 0.1) is 24.8 Å². The number of methoxy groups -OCH3 is 2. The van der Waals surface area contributed by atoms with Crippen LogP contribution in [-0.4, -0.2) is 42.3 Å². The van der Waals surface area contributed by atoms with E-state index in [0.717, 1.165) is 30.8 Å². The minimum absolute atomic E-state index is 0.205. The van der Waals surface area contributed by atoms with Crippen molar-refractivity contribution < 1.29 is 17.9 Å². The number of rotatable bonds is 5. The Bertz CT molecular complexity index is 952. The van der Waals surface area contributed by atoms with Gasteiger partial charge in [-0.05, 0) is 55.2 Å². The number of fused-ring (bicyclic) bond motifs is 1. The molecule has 2 heterocycles. The number of anilines is 2. The van der Waals surface area contributed by atoms with Crippen molar-refractivity contribution in [2.24, 2.45) is 0 Å². The first-order chi connectivity index (χ1) is 13.0. The molecule has 0 saturated carbocycles. The van der Waals surface area contributed by atoms with Gasteiger partial charge in [0.1, 0.15) is 0 Å². The lowest BCUT2D eigenvalue weighted by Gasteiger charge is -2.22. The number of hydrogen-bond donors (Lipinski definition) is 0. The van der Waals surface area contributed by atoms with Crippen molar-refractivity contribution in [1.29, 1.82) is 0 Å². The van der Waals surface area contributed by atoms with E-state index in [2.05, 4.69) is 11.0 Å². The van der Waals surface area contributed by atoms with Crippen LogP contribution in [0, 0.1) is 0 Å². The fraction of sp³-hybridized carbons (Fsp3) is 0.400. The van der Waals surface area contributed by atoms with Crippen LogP contribution in [0.2, 0.25) is 0 Å². The van der Waals surface area contributed by atoms with Crippen LogP contribution in [0.25, 0.3) is 0 Å². The summed E-state index contributed by atoms with van der Waals surface area (Å²) in [4.78, 5) is 2.57. The molecule has 0 unspecified atom stereocenters. The van der Waals surface area contributed by atoms with Crippen LogP contribution in [0.15, 0.2) is 41.3 Å². The summed E-state index contributed by atoms with van der Waals surface area (Å²) in [6, 6.07) is 10.8. The molecule has 0 amide bonds. The van der Waals surface area contributed by atoms with E-state index in [4.69, 9.17) is 9.47 Å². The Morgan fingerprint density at radius 3 is 2.33 bits per heavy atom. The van der Waals surface area contributed by atoms with Crippen molar-refractivity contribution in [1.82, 2.24) is 0 Å². The predicted molar refractivity (Wildman–Crippen MR) is 106 cm³/mol. The van der Waals surface area contributed by atoms with Crippen LogP contribution in [0.1, 0.15) is 18.4 Å². The fourth-order valence-electron chi connectivity index (χ4n) is 3.88. The number of hydrogen-bond acceptors (Lipinski definition) is 5. The summed E-state index contributed by atoms with van der Waals surface area (Å²) >= 11 is 0. The predicted octanol–water partition coefficient (Wildman–Crippen LogP) is 3.06. The third kappa shape index (κ3) is 3.10. The first kappa shape index (κ1) is 18.0. The topological polar surface area (TPSA) is 59.1 Å². The van der Waals surface area contributed by atoms with Crippen molar-refractivity contribution in [2.45, 2.75) is 24.2 Å². The first-order valence-electron chi connectivity index (χ1n) is 9.17. The third-order valence-corrected chi connectivity index (χ3v) is 7.14. The minimum atomic E-state index is -3.66. The van der Waals surface area contributed by atoms with Crippen LogP contribution in [0.4, 0.5) is 11.4 Å². The van der Waals surface area contributed by atoms with Crippen molar-refractivity contribution >= 4 is 21.4 Å². The molecule has 2 aromatic rings. The van der Waals surface area contributed by atoms with E-state index in [1.54, 1.807) is 12.1 Å². The standard InChI is InChI=1S/C20H24N2O4S/c1-25-19-8-6-17(14-20(19)26-2)27(23,24)22-12-9-15-13-16(5-7-18(15)22)21-10-3-4-11-21/h5-8,13-14H,3-4,9-12H2,1-2H3. The van der Waals surface area contributed by atoms with Gasteiger partial charge >= 0.3 is 0 Å². The minimum Gasteiger partial charge on any atom is -0.493 e. The quantitative estimate of drug-likeness (QED) is 0.788. The van der Waals surface area contributed by atoms with Gasteiger partial charge in [-0.15, -0.1) is 0 Å². The molecular formula is C20H24N2O4S. The number of nitrogens with zero attached hydrogens (tertiary/aromatic N) is 2. The van der Waals surface area contributed by atoms with Crippen molar-refractivity contribution in [3.8, 4) is 11.5 Å². The van der Waals surface area contributed by atoms with Crippen LogP contribution in [-0.2, 0) is 16.4 Å². The number of ether oxygens (including phenoxy) is 2. The Labute approximate surface area is 160 Å². The van der Waals surface area contributed by atoms with Gasteiger partial charge in [0.25, 0.3) is 10.0 Å². The molecule has 4 rings (SSSR count). The zero-order valence-electron chi connectivity index (χ0n) is 15.6. The maximum Gasteiger partial charge on any atom is 0.264 e. The molecule has 0 aliphatic carbocycles. The van der Waals surface area contributed by atoms with E-state index in [0.29, 0.717) is 18.0 Å². The van der Waals surface area contributed by atoms with Gasteiger partial charge in [-0.25, -0.2) is 8.42 Å². The molecule has 7 heteroatoms. The molecule has 144 valence electrons. The van der Waals surface area contributed by atoms with E-state index in [1.165, 1.54) is 43.1 Å². The second-order valence-corrected chi connectivity index (χ2v) is 8.71. The summed E-state index contributed by atoms with van der Waals surface area (Å²) in [6.45, 7) is 2.61. The van der Waals surface area contributed by atoms with Gasteiger partial charge in [-0.1, -0.05) is 0 Å². The zero-order valence-corrected chi connectivity index (χ0v) is 16.5. The molecule has 27 heavy (non-hydrogen) atoms. The molecular weight excluding hydrogens is 364 g/mol. The molecule has 0 aromatic heterocycles. The van der Waals surface area contributed by atoms with E-state index >= 15 is 0 Å². The molecule has 2 aliphatic rings. The molecule has 2 aromatic carbocycles. The maximum atomic E-state index is 13.2. The largest absolute Gasteiger partial charge is 0.493 e. The van der Waals surface area contributed by atoms with Crippen LogP contribution in [0.5, 0.6) is 11.5 Å². The number of benzene rings is 2. The van der Waals surface area contributed by atoms with E-state index in [1.807, 2.05) is 12.1 Å². The highest BCUT2D eigenvalue weighted by Gasteiger charge is 2.32. The highest BCUT2D eigenvalue weighted by atomic mass is 32.2. The normalized spacial score (nSPS) is 16.5. The molecule has 1 saturated heterocycles. The highest BCUT2D eigenvalue weighted by Crippen LogP contribution is 2.37. The molecule has 1 fully saturated rings. The van der Waals surface area contributed by atoms with Crippen LogP contribution < -0.4 is 18.7 Å². The fourth-order valence-corrected chi connectivity index (χ4v) is 5.40. The lowest BCUT2D eigenvalue weighted by atomic mass is 10.1. The number of sulfonamides is 1. The van der Waals surface area contributed by atoms with Gasteiger partial charge < -0.3 is 14.4 Å². The van der Waals surface area contributed by atoms with Crippen molar-refractivity contribution in [3.63, 3.8) is 0 Å². The van der Waals surface area contributed by atoms with E-state index in [9.17, 15) is 8.42 Å². The monoisotopic (exact) mass is 388 g/mol. The lowest BCUT2D eigenvalue weighted by molar-refractivity contribution is 0.354. The average molecular weight is 388 g/mol. The molecule has 6 nitrogen and oxygen atoms in total. The van der Waals surface area contributed by atoms with Crippen molar-refractivity contribution in [2.75, 3.05) is 43.1 Å². The highest BCUT2D eigenvalue weighted by molar-refractivity contribution is 7.92. The Morgan fingerprint density at radius 2 is 1.63 bits per heavy atom. The molecule has 0 bridgehead atoms. The third-order valence-electron chi connectivity index (χ3n) is 5.33. The SMILES string of the molecule is COc1ccc(S(=O)(=O)N2CCc3cc(N4CCCC4)ccc32)cc1OC. The van der Waals surface area contributed by atoms with E-state index < -0.39 is 10.0 Å². The second-order valence-electron chi connectivity index (χ2n) is 6.85. The van der Waals surface area contributed by atoms with Crippen molar-refractivity contribution in [3.05, 3.63) is 42.0 Å². The lowest BCUT2D eigenvalue weighted by Crippen LogP contribution is -2.29. The maximum absolute atomic E-state index is 13.2. The summed E-state index contributed by atoms with van der Waals surface area (Å²) in [7, 11) is -0.630. The molecule has 2 aliphatic heterocycles. The first-order valence-corrected chi connectivity index (χ1v) is 10.6. The average Bonchev–Trinajstić information content (AvgIpc) is 3.36. The molecule has 0 atom stereocenters. The summed E-state index contributed by atoms with van der Waals surface area (Å²) in [6.07, 6.45) is 3.16. The summed E-state index contributed by atoms with van der Waals surface area (Å²) < 4.78 is 38.4. The molecule has 0 radical (unpaired) electrons. The Hall–Kier alpha value is -2.41. The zero-order chi connectivity index (χ0) is 19.0. The van der Waals surface area contributed by atoms with Gasteiger partial charge in [0.15, 0.2) is 11.5 Å². The van der Waals surface area contributed by atoms with Crippen LogP contribution in [0.3, 0.4) is 0 Å². The summed E-state index contributed by atoms with van der Waals surface area (Å²) in [5.41, 5.74) is 3.05. The smallest absolute Gasteiger partial charge is 0.264 e. The Morgan fingerprint density at radius 1 is 0.889 bits per heavy atom. The summed E-state index contributed by atoms with van der Waals surface area (Å²) in [5.74, 6) is 0.913. The molecule has 0 N–H and O–H groups in total. The van der Waals surface area contributed by atoms with Gasteiger partial charge in [-0.3, -0.25) is 4.31 Å². The summed E-state index contributed by atoms with van der Waals surface area (Å²) in [5, 5.41) is 0. The van der Waals surface area contributed by atoms with E-state index in [-0.39, 0.29) is 4.90 Å². The van der Waals surface area contributed by atoms with Gasteiger partial charge in [-0.2, -0.15) is 0 Å². The molecule has 0 spiro atoms. The second kappa shape index (κ2) is 6.96.